The maximum atomic E-state index is 13.3. The first-order valence-corrected chi connectivity index (χ1v) is 7.32. The highest BCUT2D eigenvalue weighted by molar-refractivity contribution is 7.89. The van der Waals surface area contributed by atoms with Crippen molar-refractivity contribution in [2.24, 2.45) is 0 Å². The van der Waals surface area contributed by atoms with Crippen LogP contribution < -0.4 is 10.5 Å². The van der Waals surface area contributed by atoms with E-state index < -0.39 is 15.8 Å². The van der Waals surface area contributed by atoms with Gasteiger partial charge in [-0.3, -0.25) is 4.98 Å². The van der Waals surface area contributed by atoms with Gasteiger partial charge in [-0.2, -0.15) is 0 Å². The fourth-order valence-corrected chi connectivity index (χ4v) is 2.63. The molecule has 7 heteroatoms. The Hall–Kier alpha value is -1.99. The summed E-state index contributed by atoms with van der Waals surface area (Å²) in [4.78, 5) is 3.77. The summed E-state index contributed by atoms with van der Waals surface area (Å²) in [5.41, 5.74) is 6.91. The molecule has 0 amide bonds. The number of pyridine rings is 1. The van der Waals surface area contributed by atoms with E-state index in [-0.39, 0.29) is 17.1 Å². The molecule has 1 aromatic heterocycles. The van der Waals surface area contributed by atoms with Crippen molar-refractivity contribution >= 4 is 15.7 Å². The fourth-order valence-electron chi connectivity index (χ4n) is 1.61. The van der Waals surface area contributed by atoms with Gasteiger partial charge in [0.25, 0.3) is 0 Å². The van der Waals surface area contributed by atoms with Crippen molar-refractivity contribution in [1.82, 2.24) is 9.71 Å². The van der Waals surface area contributed by atoms with E-state index in [9.17, 15) is 12.8 Å². The molecule has 106 valence electrons. The lowest BCUT2D eigenvalue weighted by atomic mass is 10.2. The van der Waals surface area contributed by atoms with Crippen LogP contribution in [-0.2, 0) is 16.6 Å². The third-order valence-electron chi connectivity index (χ3n) is 2.88. The number of hydrogen-bond acceptors (Lipinski definition) is 4. The van der Waals surface area contributed by atoms with Crippen molar-refractivity contribution in [3.05, 3.63) is 53.6 Å². The number of halogens is 1. The molecule has 0 radical (unpaired) electrons. The summed E-state index contributed by atoms with van der Waals surface area (Å²) in [6.45, 7) is 1.95. The average molecular weight is 295 g/mol. The van der Waals surface area contributed by atoms with Gasteiger partial charge in [0.2, 0.25) is 10.0 Å². The summed E-state index contributed by atoms with van der Waals surface area (Å²) >= 11 is 0. The third kappa shape index (κ3) is 3.12. The molecule has 5 nitrogen and oxygen atoms in total. The number of nitrogens with two attached hydrogens (primary N) is 1. The van der Waals surface area contributed by atoms with Gasteiger partial charge < -0.3 is 5.73 Å². The number of anilines is 1. The molecule has 2 aromatic rings. The molecular formula is C13H14FN3O2S. The zero-order valence-corrected chi connectivity index (χ0v) is 11.6. The fraction of sp³-hybridized carbons (Fsp3) is 0.154. The molecule has 20 heavy (non-hydrogen) atoms. The lowest BCUT2D eigenvalue weighted by molar-refractivity contribution is 0.577. The van der Waals surface area contributed by atoms with Crippen molar-refractivity contribution in [3.63, 3.8) is 0 Å². The molecule has 0 spiro atoms. The molecular weight excluding hydrogens is 281 g/mol. The van der Waals surface area contributed by atoms with E-state index in [0.29, 0.717) is 0 Å². The first-order valence-electron chi connectivity index (χ1n) is 5.84. The van der Waals surface area contributed by atoms with Gasteiger partial charge in [0, 0.05) is 18.9 Å². The first kappa shape index (κ1) is 14.4. The maximum absolute atomic E-state index is 13.3. The highest BCUT2D eigenvalue weighted by atomic mass is 32.2. The van der Waals surface area contributed by atoms with Gasteiger partial charge in [-0.15, -0.1) is 0 Å². The highest BCUT2D eigenvalue weighted by Gasteiger charge is 2.15. The number of benzene rings is 1. The Morgan fingerprint density at radius 1 is 1.35 bits per heavy atom. The quantitative estimate of drug-likeness (QED) is 0.839. The molecule has 0 aliphatic rings. The first-order chi connectivity index (χ1) is 9.40. The maximum Gasteiger partial charge on any atom is 0.240 e. The lowest BCUT2D eigenvalue weighted by Crippen LogP contribution is -2.23. The monoisotopic (exact) mass is 295 g/mol. The average Bonchev–Trinajstić information content (AvgIpc) is 2.41. The molecule has 2 rings (SSSR count). The van der Waals surface area contributed by atoms with Crippen molar-refractivity contribution in [3.8, 4) is 0 Å². The van der Waals surface area contributed by atoms with Gasteiger partial charge in [-0.1, -0.05) is 0 Å². The van der Waals surface area contributed by atoms with Crippen LogP contribution in [0.1, 0.15) is 11.1 Å². The molecule has 3 N–H and O–H groups in total. The van der Waals surface area contributed by atoms with E-state index >= 15 is 0 Å². The number of aryl methyl sites for hydroxylation is 1. The molecule has 0 aliphatic carbocycles. The van der Waals surface area contributed by atoms with E-state index in [1.807, 2.05) is 6.92 Å². The Morgan fingerprint density at radius 3 is 2.75 bits per heavy atom. The van der Waals surface area contributed by atoms with Gasteiger partial charge in [-0.05, 0) is 42.3 Å². The predicted octanol–water partition coefficient (Wildman–Crippen LogP) is 1.59. The number of nitrogens with one attached hydrogen (secondary N) is 1. The zero-order valence-electron chi connectivity index (χ0n) is 10.8. The van der Waals surface area contributed by atoms with E-state index in [4.69, 9.17) is 5.73 Å². The SMILES string of the molecule is Cc1ccncc1CNS(=O)(=O)c1ccc(N)c(F)c1. The minimum atomic E-state index is -3.79. The number of sulfonamides is 1. The second kappa shape index (κ2) is 5.56. The molecule has 0 unspecified atom stereocenters. The molecule has 0 saturated carbocycles. The summed E-state index contributed by atoms with van der Waals surface area (Å²) in [5, 5.41) is 0. The molecule has 1 aromatic carbocycles. The van der Waals surface area contributed by atoms with Crippen LogP contribution in [0.5, 0.6) is 0 Å². The van der Waals surface area contributed by atoms with E-state index in [0.717, 1.165) is 17.2 Å². The molecule has 0 aliphatic heterocycles. The second-order valence-electron chi connectivity index (χ2n) is 4.31. The van der Waals surface area contributed by atoms with Gasteiger partial charge in [0.15, 0.2) is 0 Å². The normalized spacial score (nSPS) is 11.5. The number of aromatic nitrogens is 1. The molecule has 1 heterocycles. The summed E-state index contributed by atoms with van der Waals surface area (Å²) < 4.78 is 39.8. The second-order valence-corrected chi connectivity index (χ2v) is 6.08. The molecule has 0 bridgehead atoms. The van der Waals surface area contributed by atoms with Gasteiger partial charge >= 0.3 is 0 Å². The van der Waals surface area contributed by atoms with Crippen molar-refractivity contribution in [2.45, 2.75) is 18.4 Å². The Bertz CT molecular complexity index is 732. The number of rotatable bonds is 4. The lowest BCUT2D eigenvalue weighted by Gasteiger charge is -2.09. The predicted molar refractivity (Wildman–Crippen MR) is 73.8 cm³/mol. The van der Waals surface area contributed by atoms with E-state index in [1.165, 1.54) is 12.1 Å². The van der Waals surface area contributed by atoms with Crippen molar-refractivity contribution in [1.29, 1.82) is 0 Å². The van der Waals surface area contributed by atoms with Crippen LogP contribution >= 0.6 is 0 Å². The van der Waals surface area contributed by atoms with Crippen LogP contribution in [0.15, 0.2) is 41.6 Å². The highest BCUT2D eigenvalue weighted by Crippen LogP contribution is 2.16. The Morgan fingerprint density at radius 2 is 2.10 bits per heavy atom. The van der Waals surface area contributed by atoms with Crippen LogP contribution in [-0.4, -0.2) is 13.4 Å². The minimum Gasteiger partial charge on any atom is -0.396 e. The Balaban J connectivity index is 2.19. The summed E-state index contributed by atoms with van der Waals surface area (Å²) in [7, 11) is -3.79. The number of nitrogens with zero attached hydrogens (tertiary/aromatic N) is 1. The summed E-state index contributed by atoms with van der Waals surface area (Å²) in [6, 6.07) is 5.16. The summed E-state index contributed by atoms with van der Waals surface area (Å²) in [6.07, 6.45) is 3.21. The number of nitrogen functional groups attached to an aromatic ring is 1. The zero-order chi connectivity index (χ0) is 14.8. The van der Waals surface area contributed by atoms with E-state index in [2.05, 4.69) is 9.71 Å². The van der Waals surface area contributed by atoms with Crippen LogP contribution in [0.3, 0.4) is 0 Å². The third-order valence-corrected chi connectivity index (χ3v) is 4.28. The largest absolute Gasteiger partial charge is 0.396 e. The summed E-state index contributed by atoms with van der Waals surface area (Å²) in [5.74, 6) is -0.759. The van der Waals surface area contributed by atoms with Crippen LogP contribution in [0, 0.1) is 12.7 Å². The standard InChI is InChI=1S/C13H14FN3O2S/c1-9-4-5-16-7-10(9)8-17-20(18,19)11-2-3-13(15)12(14)6-11/h2-7,17H,8,15H2,1H3. The molecule has 0 saturated heterocycles. The topological polar surface area (TPSA) is 85.1 Å². The van der Waals surface area contributed by atoms with Crippen molar-refractivity contribution < 1.29 is 12.8 Å². The smallest absolute Gasteiger partial charge is 0.240 e. The molecule has 0 fully saturated rings. The van der Waals surface area contributed by atoms with Gasteiger partial charge in [0.05, 0.1) is 10.6 Å². The van der Waals surface area contributed by atoms with E-state index in [1.54, 1.807) is 18.5 Å². The Kier molecular flexibility index (Phi) is 4.01. The van der Waals surface area contributed by atoms with Crippen LogP contribution in [0.25, 0.3) is 0 Å². The molecule has 0 atom stereocenters. The van der Waals surface area contributed by atoms with Crippen LogP contribution in [0.4, 0.5) is 10.1 Å². The van der Waals surface area contributed by atoms with Crippen LogP contribution in [0.2, 0.25) is 0 Å². The van der Waals surface area contributed by atoms with Gasteiger partial charge in [-0.25, -0.2) is 17.5 Å². The van der Waals surface area contributed by atoms with Gasteiger partial charge in [0.1, 0.15) is 5.82 Å². The van der Waals surface area contributed by atoms with Crippen molar-refractivity contribution in [2.75, 3.05) is 5.73 Å². The Labute approximate surface area is 116 Å². The number of hydrogen-bond donors (Lipinski definition) is 2. The minimum absolute atomic E-state index is 0.0907.